The number of thiol groups is 1. The number of aliphatic hydroxyl groups is 2. The van der Waals surface area contributed by atoms with Gasteiger partial charge in [-0.25, -0.2) is 10.4 Å². The van der Waals surface area contributed by atoms with Crippen molar-refractivity contribution in [3.63, 3.8) is 0 Å². The number of carbonyl (C=O) groups is 3. The molecule has 3 aliphatic rings. The van der Waals surface area contributed by atoms with Crippen molar-refractivity contribution in [2.24, 2.45) is 17.6 Å². The van der Waals surface area contributed by atoms with E-state index in [-0.39, 0.29) is 59.8 Å². The van der Waals surface area contributed by atoms with Crippen LogP contribution in [0.25, 0.3) is 0 Å². The van der Waals surface area contributed by atoms with E-state index < -0.39 is 6.10 Å². The predicted octanol–water partition coefficient (Wildman–Crippen LogP) is 10.5. The number of ether oxygens (including phenoxy) is 2. The summed E-state index contributed by atoms with van der Waals surface area (Å²) in [6.45, 7) is 20.9. The van der Waals surface area contributed by atoms with E-state index in [1.54, 1.807) is 27.2 Å². The molecular formula is C50H94N3O7PS. The summed E-state index contributed by atoms with van der Waals surface area (Å²) in [7, 11) is 3.93. The fourth-order valence-electron chi connectivity index (χ4n) is 7.28. The van der Waals surface area contributed by atoms with Crippen molar-refractivity contribution >= 4 is 38.7 Å². The van der Waals surface area contributed by atoms with Crippen molar-refractivity contribution in [2.45, 2.75) is 207 Å². The molecule has 62 heavy (non-hydrogen) atoms. The Balaban J connectivity index is 0. The van der Waals surface area contributed by atoms with E-state index in [0.717, 1.165) is 76.5 Å². The second kappa shape index (κ2) is 38.6. The molecule has 1 aliphatic carbocycles. The normalized spacial score (nSPS) is 23.8. The van der Waals surface area contributed by atoms with Gasteiger partial charge in [0.15, 0.2) is 0 Å². The number of rotatable bonds is 22. The molecule has 12 heteroatoms. The highest BCUT2D eigenvalue weighted by Crippen LogP contribution is 2.51. The third kappa shape index (κ3) is 26.9. The van der Waals surface area contributed by atoms with Gasteiger partial charge in [-0.2, -0.15) is 12.6 Å². The number of hydrazine groups is 1. The molecule has 1 saturated carbocycles. The molecule has 0 spiro atoms. The first-order valence-corrected chi connectivity index (χ1v) is 25.6. The second-order valence-corrected chi connectivity index (χ2v) is 19.1. The maximum atomic E-state index is 12.7. The second-order valence-electron chi connectivity index (χ2n) is 16.7. The molecule has 3 fully saturated rings. The number of esters is 1. The molecule has 2 aliphatic heterocycles. The molecule has 10 nitrogen and oxygen atoms in total. The van der Waals surface area contributed by atoms with Gasteiger partial charge in [-0.3, -0.25) is 14.4 Å². The Bertz CT molecular complexity index is 1300. The summed E-state index contributed by atoms with van der Waals surface area (Å²) in [6.07, 6.45) is 26.0. The maximum Gasteiger partial charge on any atom is 0.324 e. The van der Waals surface area contributed by atoms with Crippen LogP contribution in [0, 0.1) is 11.8 Å². The molecule has 0 aromatic carbocycles. The molecule has 0 bridgehead atoms. The van der Waals surface area contributed by atoms with Gasteiger partial charge in [-0.05, 0) is 114 Å². The van der Waals surface area contributed by atoms with Crippen LogP contribution in [0.15, 0.2) is 47.6 Å². The monoisotopic (exact) mass is 912 g/mol. The lowest BCUT2D eigenvalue weighted by Gasteiger charge is -2.56. The fraction of sp³-hybridized carbons (Fsp3) is 0.780. The van der Waals surface area contributed by atoms with Gasteiger partial charge in [0, 0.05) is 39.5 Å². The number of allylic oxidation sites excluding steroid dienone is 7. The summed E-state index contributed by atoms with van der Waals surface area (Å²) in [5.74, 6) is 0.982. The van der Waals surface area contributed by atoms with Crippen molar-refractivity contribution in [3.8, 4) is 0 Å². The van der Waals surface area contributed by atoms with E-state index in [0.29, 0.717) is 32.3 Å². The van der Waals surface area contributed by atoms with Gasteiger partial charge in [0.2, 0.25) is 0 Å². The Morgan fingerprint density at radius 3 is 2.18 bits per heavy atom. The van der Waals surface area contributed by atoms with Crippen LogP contribution in [0.3, 0.4) is 0 Å². The Morgan fingerprint density at radius 2 is 1.63 bits per heavy atom. The average Bonchev–Trinajstić information content (AvgIpc) is 3.24. The molecular weight excluding hydrogens is 818 g/mol. The van der Waals surface area contributed by atoms with Gasteiger partial charge < -0.3 is 25.4 Å². The van der Waals surface area contributed by atoms with Gasteiger partial charge in [-0.1, -0.05) is 118 Å². The zero-order valence-corrected chi connectivity index (χ0v) is 43.2. The van der Waals surface area contributed by atoms with E-state index in [1.807, 2.05) is 58.7 Å². The van der Waals surface area contributed by atoms with Crippen molar-refractivity contribution in [1.82, 2.24) is 10.4 Å². The quantitative estimate of drug-likeness (QED) is 0.0233. The molecule has 362 valence electrons. The topological polar surface area (TPSA) is 151 Å². The first-order valence-electron chi connectivity index (χ1n) is 23.9. The highest BCUT2D eigenvalue weighted by molar-refractivity contribution is 7.80. The van der Waals surface area contributed by atoms with Crippen LogP contribution in [-0.2, 0) is 23.9 Å². The molecule has 3 rings (SSSR count). The molecule has 0 aromatic rings. The van der Waals surface area contributed by atoms with Crippen molar-refractivity contribution in [2.75, 3.05) is 33.1 Å². The molecule has 0 radical (unpaired) electrons. The SMILES string of the molecule is CC.CC.CCCOC(=O)C(CCCS)N1CC(C2(N)PC(CC/C(C)=C/C=C/C=C/CCC(C)C(=O)CC(O)/C(C)=C/CC(C)=O)CCC2C)N1.COC.OC1CCCCC1. The first kappa shape index (κ1) is 62.4. The van der Waals surface area contributed by atoms with Crippen molar-refractivity contribution in [3.05, 3.63) is 47.6 Å². The van der Waals surface area contributed by atoms with Crippen molar-refractivity contribution < 1.29 is 34.1 Å². The highest BCUT2D eigenvalue weighted by atomic mass is 32.1. The zero-order valence-electron chi connectivity index (χ0n) is 41.3. The van der Waals surface area contributed by atoms with Crippen LogP contribution in [0.5, 0.6) is 0 Å². The summed E-state index contributed by atoms with van der Waals surface area (Å²) in [5, 5.41) is 21.0. The summed E-state index contributed by atoms with van der Waals surface area (Å²) in [5.41, 5.74) is 13.4. The number of ketones is 2. The number of aliphatic hydroxyl groups excluding tert-OH is 2. The number of hydrogen-bond donors (Lipinski definition) is 5. The third-order valence-electron chi connectivity index (χ3n) is 11.4. The van der Waals surface area contributed by atoms with Gasteiger partial charge >= 0.3 is 5.97 Å². The minimum atomic E-state index is -0.825. The zero-order chi connectivity index (χ0) is 47.5. The van der Waals surface area contributed by atoms with Gasteiger partial charge in [0.05, 0.1) is 30.1 Å². The van der Waals surface area contributed by atoms with E-state index >= 15 is 0 Å². The standard InChI is InChI=1S/C38H64N3O5PS.C6H12O.C2H6O.2C2H6/c1-7-23-46-37(45)33(16-13-24-48)41-26-36(40-41)38(39)30(5)19-22-32(47-38)21-17-27(2)14-11-9-8-10-12-15-28(3)34(43)25-35(44)29(4)18-20-31(6)42;7-6-4-2-1-3-5-6;1-3-2;2*1-2/h8-11,14,18,28,30,32-33,35-36,40,44,47-48H,7,12-13,15-17,19-26,39H2,1-6H3;6-7H,1-5H2;1-2H3;2*1-2H3/b10-8+,11-9+,27-14+,29-18+;;;;. The van der Waals surface area contributed by atoms with Crippen LogP contribution < -0.4 is 11.2 Å². The summed E-state index contributed by atoms with van der Waals surface area (Å²) < 4.78 is 9.74. The molecule has 8 unspecified atom stereocenters. The lowest BCUT2D eigenvalue weighted by atomic mass is 9.87. The van der Waals surface area contributed by atoms with Gasteiger partial charge in [-0.15, -0.1) is 0 Å². The van der Waals surface area contributed by atoms with Crippen LogP contribution in [-0.4, -0.2) is 101 Å². The smallest absolute Gasteiger partial charge is 0.324 e. The average molecular weight is 912 g/mol. The Kier molecular flexibility index (Phi) is 38.8. The van der Waals surface area contributed by atoms with E-state index in [9.17, 15) is 19.5 Å². The summed E-state index contributed by atoms with van der Waals surface area (Å²) in [4.78, 5) is 36.4. The molecule has 0 amide bonds. The van der Waals surface area contributed by atoms with Crippen LogP contribution in [0.1, 0.15) is 172 Å². The van der Waals surface area contributed by atoms with Crippen LogP contribution >= 0.6 is 21.2 Å². The summed E-state index contributed by atoms with van der Waals surface area (Å²) >= 11 is 4.34. The third-order valence-corrected chi connectivity index (χ3v) is 14.0. The van der Waals surface area contributed by atoms with E-state index in [1.165, 1.54) is 38.2 Å². The van der Waals surface area contributed by atoms with Crippen LogP contribution in [0.2, 0.25) is 0 Å². The van der Waals surface area contributed by atoms with Gasteiger partial charge in [0.25, 0.3) is 0 Å². The molecule has 2 saturated heterocycles. The molecule has 0 aromatic heterocycles. The lowest BCUT2D eigenvalue weighted by molar-refractivity contribution is -0.157. The number of nitrogens with one attached hydrogen (secondary N) is 1. The molecule has 8 atom stereocenters. The van der Waals surface area contributed by atoms with Gasteiger partial charge in [0.1, 0.15) is 17.6 Å². The fourth-order valence-corrected chi connectivity index (χ4v) is 9.56. The van der Waals surface area contributed by atoms with E-state index in [2.05, 4.69) is 54.9 Å². The molecule has 5 N–H and O–H groups in total. The number of carbonyl (C=O) groups excluding carboxylic acids is 3. The highest BCUT2D eigenvalue weighted by Gasteiger charge is 2.51. The minimum absolute atomic E-state index is 0.0359. The van der Waals surface area contributed by atoms with E-state index in [4.69, 9.17) is 15.6 Å². The first-order chi connectivity index (χ1) is 29.6. The Morgan fingerprint density at radius 1 is 1.00 bits per heavy atom. The Hall–Kier alpha value is -1.69. The number of Topliss-reactive ketones (excluding diaryl/α,β-unsaturated/α-hetero) is 2. The van der Waals surface area contributed by atoms with Crippen LogP contribution in [0.4, 0.5) is 0 Å². The molecule has 2 heterocycles. The Labute approximate surface area is 387 Å². The predicted molar refractivity (Wildman–Crippen MR) is 268 cm³/mol. The number of nitrogens with zero attached hydrogens (tertiary/aromatic N) is 1. The minimum Gasteiger partial charge on any atom is -0.464 e. The number of nitrogens with two attached hydrogens (primary N) is 1. The maximum absolute atomic E-state index is 12.7. The number of hydrogen-bond acceptors (Lipinski definition) is 11. The largest absolute Gasteiger partial charge is 0.464 e. The summed E-state index contributed by atoms with van der Waals surface area (Å²) in [6, 6.07) is -0.108. The van der Waals surface area contributed by atoms with Crippen molar-refractivity contribution in [1.29, 1.82) is 0 Å². The number of methoxy groups -OCH3 is 1. The lowest BCUT2D eigenvalue weighted by Crippen LogP contribution is -2.76.